The summed E-state index contributed by atoms with van der Waals surface area (Å²) in [5.41, 5.74) is -1.83. The van der Waals surface area contributed by atoms with Gasteiger partial charge in [-0.05, 0) is 98.4 Å². The van der Waals surface area contributed by atoms with Gasteiger partial charge in [0.2, 0.25) is 0 Å². The smallest absolute Gasteiger partial charge is 0.335 e. The van der Waals surface area contributed by atoms with Crippen molar-refractivity contribution in [2.45, 2.75) is 211 Å². The molecule has 68 heavy (non-hydrogen) atoms. The van der Waals surface area contributed by atoms with Crippen LogP contribution in [0.4, 0.5) is 0 Å². The van der Waals surface area contributed by atoms with E-state index in [2.05, 4.69) is 27.7 Å². The summed E-state index contributed by atoms with van der Waals surface area (Å²) in [5, 5.41) is 96.3. The van der Waals surface area contributed by atoms with Crippen molar-refractivity contribution < 1.29 is 98.3 Å². The first-order chi connectivity index (χ1) is 31.6. The molecule has 0 aromatic heterocycles. The van der Waals surface area contributed by atoms with Crippen LogP contribution in [0.15, 0.2) is 11.6 Å². The minimum atomic E-state index is -2.16. The van der Waals surface area contributed by atoms with Gasteiger partial charge < -0.3 is 79.1 Å². The number of fused-ring (bicyclic) bond motifs is 10. The molecule has 20 nitrogen and oxygen atoms in total. The molecule has 0 aromatic rings. The average molecular weight is 967 g/mol. The largest absolute Gasteiger partial charge is 0.479 e. The number of carbonyl (C=O) groups is 4. The zero-order chi connectivity index (χ0) is 49.7. The van der Waals surface area contributed by atoms with Crippen LogP contribution in [0.2, 0.25) is 0 Å². The Kier molecular flexibility index (Phi) is 12.3. The van der Waals surface area contributed by atoms with Gasteiger partial charge in [-0.1, -0.05) is 47.1 Å². The number of aliphatic hydroxyl groups is 7. The second-order valence-electron chi connectivity index (χ2n) is 23.6. The van der Waals surface area contributed by atoms with E-state index in [0.29, 0.717) is 38.5 Å². The summed E-state index contributed by atoms with van der Waals surface area (Å²) in [7, 11) is 0. The molecule has 25 atom stereocenters. The minimum absolute atomic E-state index is 0.0143. The summed E-state index contributed by atoms with van der Waals surface area (Å²) in [5.74, 6) is -3.97. The van der Waals surface area contributed by atoms with Crippen molar-refractivity contribution in [2.24, 2.45) is 50.2 Å². The van der Waals surface area contributed by atoms with Crippen LogP contribution < -0.4 is 0 Å². The normalized spacial score (nSPS) is 55.1. The Morgan fingerprint density at radius 1 is 0.632 bits per heavy atom. The number of carboxylic acids is 2. The van der Waals surface area contributed by atoms with Crippen LogP contribution in [0, 0.1) is 50.2 Å². The SMILES string of the molecule is CC1OC(OC2C(OC3C(OC4CCC5(C)C(CCC6(C)C5C(=O)C=C5C7CC8(C)CC(OC8=O)C7(C)CCC56C)C4(C)C)OC(C(=O)O)C(O)C3O)OC(C(=O)O)C(O)C2O)C(O)C(O)C1O. The lowest BCUT2D eigenvalue weighted by atomic mass is 9.33. The lowest BCUT2D eigenvalue weighted by molar-refractivity contribution is -0.392. The molecule has 382 valence electrons. The van der Waals surface area contributed by atoms with Crippen molar-refractivity contribution in [1.29, 1.82) is 0 Å². The van der Waals surface area contributed by atoms with E-state index >= 15 is 4.79 Å². The summed E-state index contributed by atoms with van der Waals surface area (Å²) >= 11 is 0. The summed E-state index contributed by atoms with van der Waals surface area (Å²) < 4.78 is 41.7. The van der Waals surface area contributed by atoms with Gasteiger partial charge in [-0.25, -0.2) is 9.59 Å². The third-order valence-electron chi connectivity index (χ3n) is 19.6. The Labute approximate surface area is 394 Å². The molecule has 2 bridgehead atoms. The van der Waals surface area contributed by atoms with Crippen molar-refractivity contribution in [3.8, 4) is 0 Å². The molecular weight excluding hydrogens is 897 g/mol. The molecule has 25 unspecified atom stereocenters. The van der Waals surface area contributed by atoms with Crippen LogP contribution in [0.1, 0.15) is 107 Å². The number of hydrogen-bond acceptors (Lipinski definition) is 18. The third-order valence-corrected chi connectivity index (χ3v) is 19.6. The first-order valence-corrected chi connectivity index (χ1v) is 24.2. The number of rotatable bonds is 8. The van der Waals surface area contributed by atoms with Crippen LogP contribution in [0.5, 0.6) is 0 Å². The van der Waals surface area contributed by atoms with E-state index in [1.807, 2.05) is 26.8 Å². The summed E-state index contributed by atoms with van der Waals surface area (Å²) in [6.07, 6.45) is -22.5. The quantitative estimate of drug-likeness (QED) is 0.118. The monoisotopic (exact) mass is 966 g/mol. The topological polar surface area (TPSA) is 315 Å². The van der Waals surface area contributed by atoms with Gasteiger partial charge in [-0.2, -0.15) is 0 Å². The number of ketones is 1. The van der Waals surface area contributed by atoms with E-state index in [9.17, 15) is 60.3 Å². The maximum atomic E-state index is 15.0. The van der Waals surface area contributed by atoms with Gasteiger partial charge in [0.1, 0.15) is 61.0 Å². The molecule has 5 aliphatic carbocycles. The van der Waals surface area contributed by atoms with Gasteiger partial charge in [0.05, 0.1) is 17.6 Å². The number of hydrogen-bond donors (Lipinski definition) is 9. The van der Waals surface area contributed by atoms with Crippen LogP contribution >= 0.6 is 0 Å². The fourth-order valence-corrected chi connectivity index (χ4v) is 15.3. The third kappa shape index (κ3) is 7.16. The number of allylic oxidation sites excluding steroid dienone is 2. The molecule has 0 amide bonds. The standard InChI is InChI=1S/C48H70O20/c1-18-25(50)26(51)31(56)39(62-18)67-35-30(55)28(53)33(38(59)60)66-41(35)68-34-29(54)27(52)32(37(57)58)65-40(34)63-23-10-11-46(6)22(43(23,2)3)9-12-48(8)36(46)21(49)15-19-20-16-44(4)17-24(64-42(44)61)45(20,5)13-14-47(19,48)7/h15,18,20,22-36,39-41,50-56H,9-14,16-17H2,1-8H3,(H,57,58)(H,59,60). The van der Waals surface area contributed by atoms with Gasteiger partial charge in [-0.15, -0.1) is 0 Å². The van der Waals surface area contributed by atoms with Crippen molar-refractivity contribution >= 4 is 23.7 Å². The lowest BCUT2D eigenvalue weighted by Gasteiger charge is -2.70. The Balaban J connectivity index is 0.999. The zero-order valence-corrected chi connectivity index (χ0v) is 39.8. The van der Waals surface area contributed by atoms with Crippen LogP contribution in [-0.4, -0.2) is 174 Å². The van der Waals surface area contributed by atoms with Crippen molar-refractivity contribution in [1.82, 2.24) is 0 Å². The fourth-order valence-electron chi connectivity index (χ4n) is 15.3. The highest BCUT2D eigenvalue weighted by molar-refractivity contribution is 5.96. The van der Waals surface area contributed by atoms with E-state index in [-0.39, 0.29) is 46.4 Å². The molecule has 4 saturated heterocycles. The van der Waals surface area contributed by atoms with Gasteiger partial charge in [0, 0.05) is 17.8 Å². The Morgan fingerprint density at radius 2 is 1.21 bits per heavy atom. The number of ether oxygens (including phenoxy) is 7. The van der Waals surface area contributed by atoms with E-state index in [4.69, 9.17) is 33.2 Å². The molecule has 4 aliphatic heterocycles. The highest BCUT2D eigenvalue weighted by Gasteiger charge is 2.73. The molecule has 0 aromatic carbocycles. The first-order valence-electron chi connectivity index (χ1n) is 24.2. The van der Waals surface area contributed by atoms with Gasteiger partial charge in [0.15, 0.2) is 36.9 Å². The highest BCUT2D eigenvalue weighted by Crippen LogP contribution is 2.76. The van der Waals surface area contributed by atoms with E-state index in [1.54, 1.807) is 0 Å². The molecule has 0 spiro atoms. The van der Waals surface area contributed by atoms with E-state index < -0.39 is 132 Å². The Morgan fingerprint density at radius 3 is 1.79 bits per heavy atom. The number of carbonyl (C=O) groups excluding carboxylic acids is 2. The van der Waals surface area contributed by atoms with Crippen molar-refractivity contribution in [3.63, 3.8) is 0 Å². The zero-order valence-electron chi connectivity index (χ0n) is 39.8. The predicted molar refractivity (Wildman–Crippen MR) is 228 cm³/mol. The summed E-state index contributed by atoms with van der Waals surface area (Å²) in [6.45, 7) is 16.3. The molecule has 0 radical (unpaired) electrons. The number of esters is 1. The molecule has 4 saturated carbocycles. The first kappa shape index (κ1) is 50.2. The number of carboxylic acid groups (broad SMARTS) is 2. The van der Waals surface area contributed by atoms with Crippen molar-refractivity contribution in [2.75, 3.05) is 0 Å². The maximum absolute atomic E-state index is 15.0. The fraction of sp³-hybridized carbons (Fsp3) is 0.875. The Bertz CT molecular complexity index is 2080. The minimum Gasteiger partial charge on any atom is -0.479 e. The van der Waals surface area contributed by atoms with Crippen LogP contribution in [0.3, 0.4) is 0 Å². The molecule has 4 heterocycles. The van der Waals surface area contributed by atoms with Crippen molar-refractivity contribution in [3.05, 3.63) is 11.6 Å². The van der Waals surface area contributed by atoms with E-state index in [1.165, 1.54) is 6.92 Å². The molecular formula is C48H70O20. The van der Waals surface area contributed by atoms with E-state index in [0.717, 1.165) is 18.4 Å². The van der Waals surface area contributed by atoms with Gasteiger partial charge in [0.25, 0.3) is 0 Å². The maximum Gasteiger partial charge on any atom is 0.335 e. The molecule has 9 rings (SSSR count). The second-order valence-corrected chi connectivity index (χ2v) is 23.6. The van der Waals surface area contributed by atoms with Gasteiger partial charge >= 0.3 is 17.9 Å². The van der Waals surface area contributed by atoms with Crippen LogP contribution in [0.25, 0.3) is 0 Å². The molecule has 9 aliphatic rings. The lowest BCUT2D eigenvalue weighted by Crippen LogP contribution is -2.68. The number of aliphatic carboxylic acids is 2. The second kappa shape index (κ2) is 16.7. The summed E-state index contributed by atoms with van der Waals surface area (Å²) in [6, 6.07) is 0. The highest BCUT2D eigenvalue weighted by atomic mass is 16.8. The van der Waals surface area contributed by atoms with Gasteiger partial charge in [-0.3, -0.25) is 9.59 Å². The average Bonchev–Trinajstić information content (AvgIpc) is 3.53. The summed E-state index contributed by atoms with van der Waals surface area (Å²) in [4.78, 5) is 52.9. The molecule has 8 fully saturated rings. The molecule has 20 heteroatoms. The number of aliphatic hydroxyl groups excluding tert-OH is 7. The Hall–Kier alpha value is -2.70. The molecule has 9 N–H and O–H groups in total. The predicted octanol–water partition coefficient (Wildman–Crippen LogP) is 0.548. The van der Waals surface area contributed by atoms with Crippen LogP contribution in [-0.2, 0) is 52.3 Å².